The molecule has 0 radical (unpaired) electrons. The SMILES string of the molecule is CC1=CC2CC(C)(C)C1CC2=O. The molecule has 66 valence electrons. The number of Topliss-reactive ketones (excluding diaryl/α,β-unsaturated/α-hetero) is 1. The van der Waals surface area contributed by atoms with E-state index < -0.39 is 0 Å². The minimum Gasteiger partial charge on any atom is -0.299 e. The lowest BCUT2D eigenvalue weighted by molar-refractivity contribution is -0.128. The molecule has 1 heteroatoms. The van der Waals surface area contributed by atoms with Crippen LogP contribution in [0.25, 0.3) is 0 Å². The second kappa shape index (κ2) is 2.21. The molecule has 2 atom stereocenters. The Morgan fingerprint density at radius 3 is 2.58 bits per heavy atom. The summed E-state index contributed by atoms with van der Waals surface area (Å²) in [6.45, 7) is 6.74. The van der Waals surface area contributed by atoms with Crippen molar-refractivity contribution in [2.75, 3.05) is 0 Å². The molecule has 2 unspecified atom stereocenters. The number of hydrogen-bond donors (Lipinski definition) is 0. The normalized spacial score (nSPS) is 38.2. The van der Waals surface area contributed by atoms with Crippen molar-refractivity contribution < 1.29 is 4.79 Å². The molecule has 2 bridgehead atoms. The maximum atomic E-state index is 11.4. The molecule has 0 aromatic carbocycles. The minimum absolute atomic E-state index is 0.241. The fourth-order valence-electron chi connectivity index (χ4n) is 2.81. The lowest BCUT2D eigenvalue weighted by atomic mass is 9.58. The third-order valence-corrected chi connectivity index (χ3v) is 3.52. The van der Waals surface area contributed by atoms with Crippen molar-refractivity contribution in [2.24, 2.45) is 17.3 Å². The molecule has 12 heavy (non-hydrogen) atoms. The van der Waals surface area contributed by atoms with Crippen molar-refractivity contribution in [3.63, 3.8) is 0 Å². The van der Waals surface area contributed by atoms with Gasteiger partial charge in [-0.25, -0.2) is 0 Å². The topological polar surface area (TPSA) is 17.1 Å². The zero-order chi connectivity index (χ0) is 8.93. The molecule has 0 N–H and O–H groups in total. The minimum atomic E-state index is 0.241. The second-order valence-corrected chi connectivity index (χ2v) is 4.93. The van der Waals surface area contributed by atoms with Crippen LogP contribution in [0.1, 0.15) is 33.6 Å². The van der Waals surface area contributed by atoms with E-state index in [2.05, 4.69) is 26.8 Å². The highest BCUT2D eigenvalue weighted by molar-refractivity contribution is 5.85. The van der Waals surface area contributed by atoms with E-state index in [4.69, 9.17) is 0 Å². The molecule has 0 aliphatic heterocycles. The van der Waals surface area contributed by atoms with Gasteiger partial charge < -0.3 is 0 Å². The van der Waals surface area contributed by atoms with Crippen molar-refractivity contribution in [1.82, 2.24) is 0 Å². The summed E-state index contributed by atoms with van der Waals surface area (Å²) in [7, 11) is 0. The van der Waals surface area contributed by atoms with Crippen molar-refractivity contribution in [2.45, 2.75) is 33.6 Å². The van der Waals surface area contributed by atoms with Crippen LogP contribution in [0.4, 0.5) is 0 Å². The molecule has 3 aliphatic carbocycles. The average molecular weight is 164 g/mol. The molecule has 0 amide bonds. The lowest BCUT2D eigenvalue weighted by Gasteiger charge is -2.46. The Labute approximate surface area is 73.8 Å². The fraction of sp³-hybridized carbons (Fsp3) is 0.727. The van der Waals surface area contributed by atoms with Gasteiger partial charge in [0.1, 0.15) is 5.78 Å². The van der Waals surface area contributed by atoms with Gasteiger partial charge in [0.25, 0.3) is 0 Å². The number of carbonyl (C=O) groups excluding carboxylic acids is 1. The second-order valence-electron chi connectivity index (χ2n) is 4.93. The monoisotopic (exact) mass is 164 g/mol. The van der Waals surface area contributed by atoms with E-state index in [-0.39, 0.29) is 5.92 Å². The van der Waals surface area contributed by atoms with Gasteiger partial charge in [-0.05, 0) is 24.7 Å². The van der Waals surface area contributed by atoms with Crippen LogP contribution in [0.3, 0.4) is 0 Å². The predicted octanol–water partition coefficient (Wildman–Crippen LogP) is 2.57. The van der Waals surface area contributed by atoms with Crippen LogP contribution in [-0.2, 0) is 4.79 Å². The molecule has 3 rings (SSSR count). The quantitative estimate of drug-likeness (QED) is 0.503. The maximum absolute atomic E-state index is 11.4. The Balaban J connectivity index is 2.40. The molecule has 1 nitrogen and oxygen atoms in total. The highest BCUT2D eigenvalue weighted by atomic mass is 16.1. The Morgan fingerprint density at radius 1 is 1.50 bits per heavy atom. The van der Waals surface area contributed by atoms with E-state index in [9.17, 15) is 4.79 Å². The fourth-order valence-corrected chi connectivity index (χ4v) is 2.81. The van der Waals surface area contributed by atoms with Gasteiger partial charge in [-0.15, -0.1) is 0 Å². The smallest absolute Gasteiger partial charge is 0.140 e. The molecule has 1 fully saturated rings. The first-order chi connectivity index (χ1) is 5.50. The highest BCUT2D eigenvalue weighted by Gasteiger charge is 2.44. The van der Waals surface area contributed by atoms with Crippen LogP contribution in [0, 0.1) is 17.3 Å². The van der Waals surface area contributed by atoms with Gasteiger partial charge in [-0.1, -0.05) is 25.5 Å². The zero-order valence-electron chi connectivity index (χ0n) is 8.05. The maximum Gasteiger partial charge on any atom is 0.140 e. The lowest BCUT2D eigenvalue weighted by Crippen LogP contribution is -2.41. The predicted molar refractivity (Wildman–Crippen MR) is 48.8 cm³/mol. The summed E-state index contributed by atoms with van der Waals surface area (Å²) in [5, 5.41) is 0. The largest absolute Gasteiger partial charge is 0.299 e. The number of carbonyl (C=O) groups is 1. The summed E-state index contributed by atoms with van der Waals surface area (Å²) < 4.78 is 0. The third-order valence-electron chi connectivity index (χ3n) is 3.52. The number of allylic oxidation sites excluding steroid dienone is 2. The van der Waals surface area contributed by atoms with E-state index in [1.54, 1.807) is 0 Å². The van der Waals surface area contributed by atoms with Gasteiger partial charge in [-0.3, -0.25) is 4.79 Å². The van der Waals surface area contributed by atoms with Gasteiger partial charge in [-0.2, -0.15) is 0 Å². The van der Waals surface area contributed by atoms with Crippen LogP contribution < -0.4 is 0 Å². The Morgan fingerprint density at radius 2 is 2.17 bits per heavy atom. The average Bonchev–Trinajstić information content (AvgIpc) is 1.92. The van der Waals surface area contributed by atoms with Gasteiger partial charge >= 0.3 is 0 Å². The molecule has 0 heterocycles. The molecule has 0 aromatic heterocycles. The van der Waals surface area contributed by atoms with Gasteiger partial charge in [0.15, 0.2) is 0 Å². The van der Waals surface area contributed by atoms with Crippen molar-refractivity contribution in [3.8, 4) is 0 Å². The highest BCUT2D eigenvalue weighted by Crippen LogP contribution is 2.49. The number of hydrogen-bond acceptors (Lipinski definition) is 1. The van der Waals surface area contributed by atoms with E-state index in [0.717, 1.165) is 12.8 Å². The number of fused-ring (bicyclic) bond motifs is 2. The van der Waals surface area contributed by atoms with Crippen LogP contribution in [0.2, 0.25) is 0 Å². The van der Waals surface area contributed by atoms with Crippen LogP contribution in [0.5, 0.6) is 0 Å². The first-order valence-corrected chi connectivity index (χ1v) is 4.72. The summed E-state index contributed by atoms with van der Waals surface area (Å²) in [5.74, 6) is 1.23. The van der Waals surface area contributed by atoms with Crippen LogP contribution in [0.15, 0.2) is 11.6 Å². The first kappa shape index (κ1) is 8.03. The Hall–Kier alpha value is -0.590. The number of ketones is 1. The molecule has 3 aliphatic rings. The van der Waals surface area contributed by atoms with Gasteiger partial charge in [0, 0.05) is 12.3 Å². The number of rotatable bonds is 0. The summed E-state index contributed by atoms with van der Waals surface area (Å²) >= 11 is 0. The standard InChI is InChI=1S/C11H16O/c1-7-4-8-6-11(2,3)9(7)5-10(8)12/h4,8-9H,5-6H2,1-3H3. The Bertz CT molecular complexity index is 260. The molecular weight excluding hydrogens is 148 g/mol. The van der Waals surface area contributed by atoms with Gasteiger partial charge in [0.05, 0.1) is 0 Å². The summed E-state index contributed by atoms with van der Waals surface area (Å²) in [6, 6.07) is 0. The molecule has 0 saturated heterocycles. The molecule has 1 saturated carbocycles. The van der Waals surface area contributed by atoms with E-state index in [0.29, 0.717) is 17.1 Å². The first-order valence-electron chi connectivity index (χ1n) is 4.72. The molecule has 0 spiro atoms. The summed E-state index contributed by atoms with van der Waals surface area (Å²) in [4.78, 5) is 11.4. The van der Waals surface area contributed by atoms with Crippen molar-refractivity contribution in [3.05, 3.63) is 11.6 Å². The third kappa shape index (κ3) is 0.954. The van der Waals surface area contributed by atoms with Gasteiger partial charge in [0.2, 0.25) is 0 Å². The van der Waals surface area contributed by atoms with Crippen molar-refractivity contribution in [1.29, 1.82) is 0 Å². The van der Waals surface area contributed by atoms with Crippen molar-refractivity contribution >= 4 is 5.78 Å². The summed E-state index contributed by atoms with van der Waals surface area (Å²) in [5.41, 5.74) is 1.80. The van der Waals surface area contributed by atoms with E-state index in [1.807, 2.05) is 0 Å². The van der Waals surface area contributed by atoms with Crippen LogP contribution in [-0.4, -0.2) is 5.78 Å². The molecule has 0 aromatic rings. The molecular formula is C11H16O. The Kier molecular flexibility index (Phi) is 1.48. The van der Waals surface area contributed by atoms with E-state index in [1.165, 1.54) is 5.57 Å². The zero-order valence-corrected chi connectivity index (χ0v) is 8.05. The van der Waals surface area contributed by atoms with E-state index >= 15 is 0 Å². The van der Waals surface area contributed by atoms with Crippen LogP contribution >= 0.6 is 0 Å². The summed E-state index contributed by atoms with van der Waals surface area (Å²) in [6.07, 6.45) is 4.04.